The molecule has 4 amide bonds. The lowest BCUT2D eigenvalue weighted by atomic mass is 10.1. The molecule has 47 heavy (non-hydrogen) atoms. The fourth-order valence-corrected chi connectivity index (χ4v) is 5.96. The molecule has 4 aromatic carbocycles. The Hall–Kier alpha value is -5.55. The topological polar surface area (TPSA) is 114 Å². The lowest BCUT2D eigenvalue weighted by Crippen LogP contribution is -2.44. The van der Waals surface area contributed by atoms with Crippen molar-refractivity contribution in [3.05, 3.63) is 131 Å². The maximum absolute atomic E-state index is 13.7. The Morgan fingerprint density at radius 1 is 0.766 bits per heavy atom. The molecule has 0 bridgehead atoms. The van der Waals surface area contributed by atoms with E-state index < -0.39 is 23.1 Å². The van der Waals surface area contributed by atoms with Crippen LogP contribution in [0.15, 0.2) is 109 Å². The molecular weight excluding hydrogens is 613 g/mol. The molecule has 1 heterocycles. The Morgan fingerprint density at radius 3 is 2.00 bits per heavy atom. The summed E-state index contributed by atoms with van der Waals surface area (Å²) in [6, 6.07) is 30.4. The number of rotatable bonds is 10. The lowest BCUT2D eigenvalue weighted by molar-refractivity contribution is -0.130. The molecule has 1 atom stereocenters. The van der Waals surface area contributed by atoms with Crippen LogP contribution in [-0.4, -0.2) is 62.6 Å². The summed E-state index contributed by atoms with van der Waals surface area (Å²) >= 11 is 1.42. The van der Waals surface area contributed by atoms with Gasteiger partial charge < -0.3 is 20.4 Å². The second kappa shape index (κ2) is 14.7. The van der Waals surface area contributed by atoms with Crippen molar-refractivity contribution in [3.8, 4) is 0 Å². The van der Waals surface area contributed by atoms with Gasteiger partial charge in [0.05, 0.1) is 17.0 Å². The van der Waals surface area contributed by atoms with Gasteiger partial charge >= 0.3 is 0 Å². The van der Waals surface area contributed by atoms with Crippen LogP contribution in [0.5, 0.6) is 0 Å². The highest BCUT2D eigenvalue weighted by Gasteiger charge is 2.35. The molecule has 4 aromatic rings. The van der Waals surface area contributed by atoms with Crippen LogP contribution in [0.2, 0.25) is 0 Å². The van der Waals surface area contributed by atoms with E-state index in [1.807, 2.05) is 86.5 Å². The average Bonchev–Trinajstić information content (AvgIpc) is 3.44. The van der Waals surface area contributed by atoms with E-state index in [4.69, 9.17) is 0 Å². The standard InChI is InChI=1S/C36H36N6O4S/c1-40(2)27-18-14-24(15-19-27)22-31(38-33(44)25-10-6-5-7-11-25)35(46)37-30-13-9-8-12-29(30)34(45)39-42-32(43)23-47-36(42)26-16-20-28(21-17-26)41(3)4/h5-22,36H,23H2,1-4H3,(H,37,46)(H,38,44)(H,39,45). The first-order valence-corrected chi connectivity index (χ1v) is 15.9. The number of hydrogen-bond donors (Lipinski definition) is 3. The Morgan fingerprint density at radius 2 is 1.36 bits per heavy atom. The maximum Gasteiger partial charge on any atom is 0.272 e. The third-order valence-electron chi connectivity index (χ3n) is 7.45. The van der Waals surface area contributed by atoms with Gasteiger partial charge in [-0.3, -0.25) is 24.6 Å². The highest BCUT2D eigenvalue weighted by molar-refractivity contribution is 8.00. The van der Waals surface area contributed by atoms with E-state index in [1.165, 1.54) is 16.8 Å². The third kappa shape index (κ3) is 8.00. The number of benzene rings is 4. The first-order valence-electron chi connectivity index (χ1n) is 14.9. The van der Waals surface area contributed by atoms with Crippen molar-refractivity contribution in [3.63, 3.8) is 0 Å². The van der Waals surface area contributed by atoms with Gasteiger partial charge in [-0.2, -0.15) is 0 Å². The Labute approximate surface area is 278 Å². The first kappa shape index (κ1) is 32.8. The summed E-state index contributed by atoms with van der Waals surface area (Å²) in [6.07, 6.45) is 1.57. The molecule has 1 aliphatic rings. The zero-order chi connectivity index (χ0) is 33.5. The zero-order valence-electron chi connectivity index (χ0n) is 26.6. The number of carbonyl (C=O) groups is 4. The van der Waals surface area contributed by atoms with Crippen LogP contribution in [0, 0.1) is 0 Å². The molecule has 10 nitrogen and oxygen atoms in total. The van der Waals surface area contributed by atoms with Crippen LogP contribution in [0.1, 0.15) is 37.2 Å². The maximum atomic E-state index is 13.7. The predicted octanol–water partition coefficient (Wildman–Crippen LogP) is 5.15. The van der Waals surface area contributed by atoms with Gasteiger partial charge in [0.15, 0.2) is 0 Å². The minimum absolute atomic E-state index is 0.0148. The second-order valence-corrected chi connectivity index (χ2v) is 12.3. The molecule has 0 aromatic heterocycles. The molecule has 1 fully saturated rings. The Kier molecular flexibility index (Phi) is 10.3. The number of para-hydroxylation sites is 1. The van der Waals surface area contributed by atoms with Crippen molar-refractivity contribution >= 4 is 58.5 Å². The molecule has 3 N–H and O–H groups in total. The summed E-state index contributed by atoms with van der Waals surface area (Å²) in [5.74, 6) is -1.68. The van der Waals surface area contributed by atoms with Gasteiger partial charge in [0.1, 0.15) is 11.1 Å². The monoisotopic (exact) mass is 648 g/mol. The lowest BCUT2D eigenvalue weighted by Gasteiger charge is -2.25. The number of amides is 4. The number of anilines is 3. The fraction of sp³-hybridized carbons (Fsp3) is 0.167. The Balaban J connectivity index is 1.38. The number of hydrogen-bond acceptors (Lipinski definition) is 7. The zero-order valence-corrected chi connectivity index (χ0v) is 27.4. The summed E-state index contributed by atoms with van der Waals surface area (Å²) in [5, 5.41) is 6.44. The van der Waals surface area contributed by atoms with E-state index in [-0.39, 0.29) is 28.6 Å². The molecule has 1 saturated heterocycles. The molecule has 1 aliphatic heterocycles. The molecule has 0 aliphatic carbocycles. The molecule has 5 rings (SSSR count). The van der Waals surface area contributed by atoms with Crippen LogP contribution >= 0.6 is 11.8 Å². The van der Waals surface area contributed by atoms with E-state index in [0.29, 0.717) is 11.1 Å². The van der Waals surface area contributed by atoms with Gasteiger partial charge in [0.25, 0.3) is 23.6 Å². The summed E-state index contributed by atoms with van der Waals surface area (Å²) < 4.78 is 0. The van der Waals surface area contributed by atoms with Gasteiger partial charge in [-0.15, -0.1) is 11.8 Å². The molecule has 1 unspecified atom stereocenters. The number of nitrogens with zero attached hydrogens (tertiary/aromatic N) is 3. The van der Waals surface area contributed by atoms with E-state index >= 15 is 0 Å². The van der Waals surface area contributed by atoms with Crippen LogP contribution in [0.25, 0.3) is 6.08 Å². The van der Waals surface area contributed by atoms with Gasteiger partial charge in [0, 0.05) is 45.1 Å². The molecule has 11 heteroatoms. The minimum Gasteiger partial charge on any atom is -0.378 e. The third-order valence-corrected chi connectivity index (χ3v) is 8.67. The van der Waals surface area contributed by atoms with E-state index in [1.54, 1.807) is 60.7 Å². The summed E-state index contributed by atoms with van der Waals surface area (Å²) in [5.41, 5.74) is 7.04. The predicted molar refractivity (Wildman–Crippen MR) is 188 cm³/mol. The molecule has 240 valence electrons. The van der Waals surface area contributed by atoms with Gasteiger partial charge in [-0.1, -0.05) is 54.6 Å². The number of carbonyl (C=O) groups excluding carboxylic acids is 4. The van der Waals surface area contributed by atoms with Crippen molar-refractivity contribution in [1.82, 2.24) is 15.8 Å². The van der Waals surface area contributed by atoms with Gasteiger partial charge in [0.2, 0.25) is 0 Å². The largest absolute Gasteiger partial charge is 0.378 e. The molecule has 0 radical (unpaired) electrons. The van der Waals surface area contributed by atoms with E-state index in [2.05, 4.69) is 16.1 Å². The summed E-state index contributed by atoms with van der Waals surface area (Å²) in [7, 11) is 7.76. The first-order chi connectivity index (χ1) is 22.6. The van der Waals surface area contributed by atoms with Crippen molar-refractivity contribution in [2.75, 3.05) is 49.1 Å². The smallest absolute Gasteiger partial charge is 0.272 e. The highest BCUT2D eigenvalue weighted by atomic mass is 32.2. The van der Waals surface area contributed by atoms with Crippen molar-refractivity contribution in [2.45, 2.75) is 5.37 Å². The highest BCUT2D eigenvalue weighted by Crippen LogP contribution is 2.38. The second-order valence-electron chi connectivity index (χ2n) is 11.2. The van der Waals surface area contributed by atoms with E-state index in [9.17, 15) is 19.2 Å². The Bertz CT molecular complexity index is 1790. The summed E-state index contributed by atoms with van der Waals surface area (Å²) in [6.45, 7) is 0. The summed E-state index contributed by atoms with van der Waals surface area (Å²) in [4.78, 5) is 57.3. The fourth-order valence-electron chi connectivity index (χ4n) is 4.86. The average molecular weight is 649 g/mol. The van der Waals surface area contributed by atoms with Crippen LogP contribution in [-0.2, 0) is 9.59 Å². The van der Waals surface area contributed by atoms with Gasteiger partial charge in [-0.05, 0) is 65.7 Å². The van der Waals surface area contributed by atoms with E-state index in [0.717, 1.165) is 16.9 Å². The quantitative estimate of drug-likeness (QED) is 0.204. The SMILES string of the molecule is CN(C)c1ccc(C=C(NC(=O)c2ccccc2)C(=O)Nc2ccccc2C(=O)NN2C(=O)CSC2c2ccc(N(C)C)cc2)cc1. The van der Waals surface area contributed by atoms with Crippen molar-refractivity contribution < 1.29 is 19.2 Å². The number of thioether (sulfide) groups is 1. The molecule has 0 saturated carbocycles. The van der Waals surface area contributed by atoms with Crippen molar-refractivity contribution in [2.24, 2.45) is 0 Å². The van der Waals surface area contributed by atoms with Gasteiger partial charge in [-0.25, -0.2) is 5.01 Å². The van der Waals surface area contributed by atoms with Crippen LogP contribution in [0.3, 0.4) is 0 Å². The molecule has 0 spiro atoms. The van der Waals surface area contributed by atoms with Crippen molar-refractivity contribution in [1.29, 1.82) is 0 Å². The molecular formula is C36H36N6O4S. The van der Waals surface area contributed by atoms with Crippen LogP contribution < -0.4 is 25.9 Å². The van der Waals surface area contributed by atoms with Crippen LogP contribution in [0.4, 0.5) is 17.1 Å². The number of nitrogens with one attached hydrogen (secondary N) is 3. The number of hydrazine groups is 1. The normalized spacial score (nSPS) is 14.4. The minimum atomic E-state index is -0.627.